The molecule has 0 spiro atoms. The molecule has 0 saturated carbocycles. The van der Waals surface area contributed by atoms with Crippen LogP contribution >= 0.6 is 11.8 Å². The van der Waals surface area contributed by atoms with Crippen LogP contribution in [0.2, 0.25) is 0 Å². The minimum Gasteiger partial charge on any atom is -0.485 e. The van der Waals surface area contributed by atoms with E-state index < -0.39 is 0 Å². The topological polar surface area (TPSA) is 88.1 Å². The molecule has 0 radical (unpaired) electrons. The number of aromatic nitrogens is 4. The van der Waals surface area contributed by atoms with Gasteiger partial charge >= 0.3 is 0 Å². The monoisotopic (exact) mass is 399 g/mol. The highest BCUT2D eigenvalue weighted by atomic mass is 32.2. The summed E-state index contributed by atoms with van der Waals surface area (Å²) in [4.78, 5) is 4.20. The molecule has 2 N–H and O–H groups in total. The molecule has 0 amide bonds. The highest BCUT2D eigenvalue weighted by Crippen LogP contribution is 2.28. The number of ether oxygens (including phenoxy) is 2. The zero-order valence-corrected chi connectivity index (χ0v) is 17.4. The van der Waals surface area contributed by atoms with Crippen molar-refractivity contribution in [3.8, 4) is 11.6 Å². The lowest BCUT2D eigenvalue weighted by Gasteiger charge is -2.14. The predicted molar refractivity (Wildman–Crippen MR) is 110 cm³/mol. The lowest BCUT2D eigenvalue weighted by atomic mass is 10.0. The summed E-state index contributed by atoms with van der Waals surface area (Å²) >= 11 is 1.49. The van der Waals surface area contributed by atoms with Gasteiger partial charge in [-0.15, -0.1) is 10.2 Å². The second-order valence-electron chi connectivity index (χ2n) is 6.75. The quantitative estimate of drug-likeness (QED) is 0.456. The van der Waals surface area contributed by atoms with Crippen LogP contribution in [0.25, 0.3) is 0 Å². The van der Waals surface area contributed by atoms with Crippen molar-refractivity contribution in [3.63, 3.8) is 0 Å². The molecule has 0 aliphatic rings. The van der Waals surface area contributed by atoms with Gasteiger partial charge in [0.2, 0.25) is 11.0 Å². The third kappa shape index (κ3) is 4.75. The SMILES string of the molecule is COc1ccc(CSc2nnc(COc3cc(C)ccc3C(C)C)n2N)cn1. The lowest BCUT2D eigenvalue weighted by Crippen LogP contribution is -2.16. The second-order valence-corrected chi connectivity index (χ2v) is 7.69. The average Bonchev–Trinajstić information content (AvgIpc) is 3.04. The van der Waals surface area contributed by atoms with Crippen LogP contribution < -0.4 is 15.3 Å². The number of hydrogen-bond donors (Lipinski definition) is 1. The summed E-state index contributed by atoms with van der Waals surface area (Å²) in [5.74, 6) is 9.24. The fraction of sp³-hybridized carbons (Fsp3) is 0.350. The minimum absolute atomic E-state index is 0.261. The van der Waals surface area contributed by atoms with E-state index in [0.717, 1.165) is 22.4 Å². The molecule has 0 atom stereocenters. The normalized spacial score (nSPS) is 11.0. The summed E-state index contributed by atoms with van der Waals surface area (Å²) in [6, 6.07) is 10.0. The fourth-order valence-corrected chi connectivity index (χ4v) is 3.46. The lowest BCUT2D eigenvalue weighted by molar-refractivity contribution is 0.287. The largest absolute Gasteiger partial charge is 0.485 e. The Bertz CT molecular complexity index is 925. The number of benzene rings is 1. The molecule has 8 heteroatoms. The van der Waals surface area contributed by atoms with Crippen molar-refractivity contribution >= 4 is 11.8 Å². The van der Waals surface area contributed by atoms with E-state index in [0.29, 0.717) is 28.5 Å². The van der Waals surface area contributed by atoms with Crippen LogP contribution in [0, 0.1) is 6.92 Å². The van der Waals surface area contributed by atoms with E-state index in [9.17, 15) is 0 Å². The maximum atomic E-state index is 6.16. The Hall–Kier alpha value is -2.74. The van der Waals surface area contributed by atoms with Crippen molar-refractivity contribution in [2.24, 2.45) is 0 Å². The van der Waals surface area contributed by atoms with Crippen LogP contribution in [-0.2, 0) is 12.4 Å². The summed E-state index contributed by atoms with van der Waals surface area (Å²) in [5, 5.41) is 8.98. The third-order valence-electron chi connectivity index (χ3n) is 4.26. The van der Waals surface area contributed by atoms with Gasteiger partial charge in [0.25, 0.3) is 0 Å². The first-order chi connectivity index (χ1) is 13.5. The number of nitrogen functional groups attached to an aromatic ring is 1. The molecule has 0 aliphatic heterocycles. The zero-order valence-electron chi connectivity index (χ0n) is 16.5. The molecule has 0 aliphatic carbocycles. The maximum absolute atomic E-state index is 6.16. The smallest absolute Gasteiger partial charge is 0.212 e. The highest BCUT2D eigenvalue weighted by Gasteiger charge is 2.13. The number of hydrogen-bond acceptors (Lipinski definition) is 7. The molecule has 0 bridgehead atoms. The Labute approximate surface area is 169 Å². The average molecular weight is 400 g/mol. The Morgan fingerprint density at radius 3 is 2.68 bits per heavy atom. The number of pyridine rings is 1. The molecular formula is C20H25N5O2S. The highest BCUT2D eigenvalue weighted by molar-refractivity contribution is 7.98. The first kappa shape index (κ1) is 20.0. The van der Waals surface area contributed by atoms with Gasteiger partial charge in [-0.25, -0.2) is 9.66 Å². The molecule has 148 valence electrons. The van der Waals surface area contributed by atoms with Crippen LogP contribution in [0.3, 0.4) is 0 Å². The standard InChI is InChI=1S/C20H25N5O2S/c1-13(2)16-7-5-14(3)9-17(16)27-11-18-23-24-20(25(18)21)28-12-15-6-8-19(26-4)22-10-15/h5-10,13H,11-12,21H2,1-4H3. The summed E-state index contributed by atoms with van der Waals surface area (Å²) in [6.45, 7) is 6.60. The van der Waals surface area contributed by atoms with Gasteiger partial charge in [0.15, 0.2) is 5.82 Å². The number of nitrogens with zero attached hydrogens (tertiary/aromatic N) is 4. The number of aryl methyl sites for hydroxylation is 1. The van der Waals surface area contributed by atoms with Crippen LogP contribution in [-0.4, -0.2) is 27.0 Å². The van der Waals surface area contributed by atoms with E-state index in [1.807, 2.05) is 25.1 Å². The molecular weight excluding hydrogens is 374 g/mol. The Kier molecular flexibility index (Phi) is 6.41. The van der Waals surface area contributed by atoms with E-state index in [1.54, 1.807) is 13.3 Å². The summed E-state index contributed by atoms with van der Waals surface area (Å²) in [6.07, 6.45) is 1.78. The van der Waals surface area contributed by atoms with Crippen molar-refractivity contribution in [1.82, 2.24) is 19.9 Å². The fourth-order valence-electron chi connectivity index (χ4n) is 2.65. The minimum atomic E-state index is 0.261. The number of methoxy groups -OCH3 is 1. The van der Waals surface area contributed by atoms with Gasteiger partial charge < -0.3 is 15.3 Å². The molecule has 3 rings (SSSR count). The van der Waals surface area contributed by atoms with Crippen molar-refractivity contribution in [1.29, 1.82) is 0 Å². The van der Waals surface area contributed by atoms with E-state index in [1.165, 1.54) is 16.4 Å². The molecule has 1 aromatic carbocycles. The molecule has 2 heterocycles. The number of thioether (sulfide) groups is 1. The Balaban J connectivity index is 1.64. The number of nitrogens with two attached hydrogens (primary N) is 1. The summed E-state index contributed by atoms with van der Waals surface area (Å²) in [7, 11) is 1.60. The van der Waals surface area contributed by atoms with Crippen LogP contribution in [0.1, 0.15) is 42.3 Å². The number of rotatable bonds is 8. The second kappa shape index (κ2) is 8.97. The van der Waals surface area contributed by atoms with Gasteiger partial charge in [-0.2, -0.15) is 0 Å². The molecule has 3 aromatic rings. The van der Waals surface area contributed by atoms with E-state index in [-0.39, 0.29) is 6.61 Å². The van der Waals surface area contributed by atoms with Crippen LogP contribution in [0.15, 0.2) is 41.7 Å². The van der Waals surface area contributed by atoms with Gasteiger partial charge in [-0.1, -0.05) is 43.8 Å². The van der Waals surface area contributed by atoms with Gasteiger partial charge in [-0.05, 0) is 35.6 Å². The third-order valence-corrected chi connectivity index (χ3v) is 5.27. The van der Waals surface area contributed by atoms with Gasteiger partial charge in [0.05, 0.1) is 7.11 Å². The van der Waals surface area contributed by atoms with Crippen LogP contribution in [0.5, 0.6) is 11.6 Å². The van der Waals surface area contributed by atoms with Crippen molar-refractivity contribution in [3.05, 3.63) is 59.0 Å². The van der Waals surface area contributed by atoms with Gasteiger partial charge in [0, 0.05) is 18.0 Å². The molecule has 2 aromatic heterocycles. The van der Waals surface area contributed by atoms with Gasteiger partial charge in [-0.3, -0.25) is 0 Å². The predicted octanol–water partition coefficient (Wildman–Crippen LogP) is 3.70. The molecule has 28 heavy (non-hydrogen) atoms. The van der Waals surface area contributed by atoms with Crippen molar-refractivity contribution in [2.75, 3.05) is 13.0 Å². The molecule has 7 nitrogen and oxygen atoms in total. The van der Waals surface area contributed by atoms with E-state index >= 15 is 0 Å². The first-order valence-corrected chi connectivity index (χ1v) is 10.0. The van der Waals surface area contributed by atoms with Crippen molar-refractivity contribution < 1.29 is 9.47 Å². The zero-order chi connectivity index (χ0) is 20.1. The van der Waals surface area contributed by atoms with E-state index in [2.05, 4.69) is 41.2 Å². The molecule has 0 saturated heterocycles. The van der Waals surface area contributed by atoms with Gasteiger partial charge in [0.1, 0.15) is 12.4 Å². The Morgan fingerprint density at radius 1 is 1.18 bits per heavy atom. The molecule has 0 unspecified atom stereocenters. The first-order valence-electron chi connectivity index (χ1n) is 9.02. The van der Waals surface area contributed by atoms with Crippen molar-refractivity contribution in [2.45, 2.75) is 44.2 Å². The Morgan fingerprint density at radius 2 is 2.00 bits per heavy atom. The van der Waals surface area contributed by atoms with E-state index in [4.69, 9.17) is 15.3 Å². The van der Waals surface area contributed by atoms with Crippen LogP contribution in [0.4, 0.5) is 0 Å². The maximum Gasteiger partial charge on any atom is 0.212 e. The summed E-state index contributed by atoms with van der Waals surface area (Å²) < 4.78 is 12.6. The summed E-state index contributed by atoms with van der Waals surface area (Å²) in [5.41, 5.74) is 3.36. The molecule has 0 fully saturated rings.